The molecule has 0 bridgehead atoms. The maximum atomic E-state index is 12.0. The van der Waals surface area contributed by atoms with Gasteiger partial charge in [0.15, 0.2) is 0 Å². The van der Waals surface area contributed by atoms with E-state index < -0.39 is 0 Å². The molecule has 0 radical (unpaired) electrons. The van der Waals surface area contributed by atoms with Crippen LogP contribution in [0.2, 0.25) is 0 Å². The number of benzene rings is 1. The summed E-state index contributed by atoms with van der Waals surface area (Å²) < 4.78 is 1.99. The zero-order valence-corrected chi connectivity index (χ0v) is 13.5. The largest absolute Gasteiger partial charge is 0.392 e. The number of imidazole rings is 1. The first-order valence-electron chi connectivity index (χ1n) is 7.80. The molecule has 0 fully saturated rings. The Morgan fingerprint density at radius 1 is 1.08 bits per heavy atom. The van der Waals surface area contributed by atoms with E-state index in [-0.39, 0.29) is 12.6 Å². The van der Waals surface area contributed by atoms with Crippen molar-refractivity contribution < 1.29 is 9.90 Å². The molecule has 0 saturated carbocycles. The number of aromatic nitrogens is 2. The molecule has 24 heavy (non-hydrogen) atoms. The molecule has 0 aliphatic rings. The van der Waals surface area contributed by atoms with Gasteiger partial charge in [-0.3, -0.25) is 0 Å². The second-order valence-electron chi connectivity index (χ2n) is 5.59. The van der Waals surface area contributed by atoms with Crippen molar-refractivity contribution in [2.75, 3.05) is 0 Å². The SMILES string of the molecule is Cc1cccc2nc(CNC(=O)NCc3ccccc3CO)cn12. The lowest BCUT2D eigenvalue weighted by atomic mass is 10.1. The van der Waals surface area contributed by atoms with E-state index in [1.54, 1.807) is 0 Å². The summed E-state index contributed by atoms with van der Waals surface area (Å²) in [7, 11) is 0. The molecule has 0 unspecified atom stereocenters. The van der Waals surface area contributed by atoms with E-state index in [9.17, 15) is 9.90 Å². The van der Waals surface area contributed by atoms with Gasteiger partial charge in [-0.2, -0.15) is 0 Å². The fraction of sp³-hybridized carbons (Fsp3) is 0.222. The minimum Gasteiger partial charge on any atom is -0.392 e. The minimum absolute atomic E-state index is 0.0416. The van der Waals surface area contributed by atoms with Crippen LogP contribution < -0.4 is 10.6 Å². The monoisotopic (exact) mass is 324 g/mol. The van der Waals surface area contributed by atoms with E-state index in [0.29, 0.717) is 13.1 Å². The van der Waals surface area contributed by atoms with Gasteiger partial charge in [0.25, 0.3) is 0 Å². The van der Waals surface area contributed by atoms with Crippen LogP contribution in [0.3, 0.4) is 0 Å². The molecular formula is C18H20N4O2. The number of hydrogen-bond donors (Lipinski definition) is 3. The molecule has 2 amide bonds. The van der Waals surface area contributed by atoms with Crippen molar-refractivity contribution in [2.24, 2.45) is 0 Å². The highest BCUT2D eigenvalue weighted by atomic mass is 16.3. The lowest BCUT2D eigenvalue weighted by molar-refractivity contribution is 0.239. The van der Waals surface area contributed by atoms with Crippen LogP contribution in [0, 0.1) is 6.92 Å². The zero-order chi connectivity index (χ0) is 16.9. The molecule has 124 valence electrons. The number of pyridine rings is 1. The van der Waals surface area contributed by atoms with Gasteiger partial charge in [0.1, 0.15) is 5.65 Å². The van der Waals surface area contributed by atoms with E-state index in [1.165, 1.54) is 0 Å². The van der Waals surface area contributed by atoms with Gasteiger partial charge < -0.3 is 20.1 Å². The summed E-state index contributed by atoms with van der Waals surface area (Å²) in [6.45, 7) is 2.69. The van der Waals surface area contributed by atoms with E-state index in [4.69, 9.17) is 0 Å². The van der Waals surface area contributed by atoms with Crippen LogP contribution in [-0.2, 0) is 19.7 Å². The number of carbonyl (C=O) groups is 1. The average Bonchev–Trinajstić information content (AvgIpc) is 3.03. The molecule has 3 rings (SSSR count). The topological polar surface area (TPSA) is 78.7 Å². The molecule has 6 nitrogen and oxygen atoms in total. The van der Waals surface area contributed by atoms with E-state index >= 15 is 0 Å². The molecule has 2 heterocycles. The molecule has 0 spiro atoms. The number of fused-ring (bicyclic) bond motifs is 1. The number of carbonyl (C=O) groups excluding carboxylic acids is 1. The predicted octanol–water partition coefficient (Wildman–Crippen LogP) is 2.13. The number of nitrogens with zero attached hydrogens (tertiary/aromatic N) is 2. The molecule has 3 N–H and O–H groups in total. The van der Waals surface area contributed by atoms with E-state index in [2.05, 4.69) is 15.6 Å². The number of nitrogens with one attached hydrogen (secondary N) is 2. The van der Waals surface area contributed by atoms with Crippen molar-refractivity contribution >= 4 is 11.7 Å². The van der Waals surface area contributed by atoms with Crippen molar-refractivity contribution in [1.29, 1.82) is 0 Å². The highest BCUT2D eigenvalue weighted by molar-refractivity contribution is 5.73. The van der Waals surface area contributed by atoms with Gasteiger partial charge >= 0.3 is 6.03 Å². The van der Waals surface area contributed by atoms with E-state index in [1.807, 2.05) is 60.0 Å². The van der Waals surface area contributed by atoms with Gasteiger partial charge in [-0.15, -0.1) is 0 Å². The van der Waals surface area contributed by atoms with Crippen molar-refractivity contribution in [2.45, 2.75) is 26.6 Å². The summed E-state index contributed by atoms with van der Waals surface area (Å²) >= 11 is 0. The van der Waals surface area contributed by atoms with Crippen LogP contribution in [0.1, 0.15) is 22.5 Å². The number of urea groups is 1. The first-order chi connectivity index (χ1) is 11.7. The van der Waals surface area contributed by atoms with Gasteiger partial charge in [0, 0.05) is 18.4 Å². The van der Waals surface area contributed by atoms with Crippen LogP contribution in [0.25, 0.3) is 5.65 Å². The highest BCUT2D eigenvalue weighted by Crippen LogP contribution is 2.09. The van der Waals surface area contributed by atoms with Crippen LogP contribution in [0.4, 0.5) is 4.79 Å². The fourth-order valence-corrected chi connectivity index (χ4v) is 2.58. The fourth-order valence-electron chi connectivity index (χ4n) is 2.58. The highest BCUT2D eigenvalue weighted by Gasteiger charge is 2.06. The summed E-state index contributed by atoms with van der Waals surface area (Å²) in [4.78, 5) is 16.4. The molecule has 3 aromatic rings. The summed E-state index contributed by atoms with van der Waals surface area (Å²) in [6.07, 6.45) is 1.92. The predicted molar refractivity (Wildman–Crippen MR) is 91.4 cm³/mol. The van der Waals surface area contributed by atoms with Crippen molar-refractivity contribution in [3.63, 3.8) is 0 Å². The standard InChI is InChI=1S/C18H20N4O2/c1-13-5-4-8-17-21-16(11-22(13)17)10-20-18(24)19-9-14-6-2-3-7-15(14)12-23/h2-8,11,23H,9-10,12H2,1H3,(H2,19,20,24). The van der Waals surface area contributed by atoms with Gasteiger partial charge in [0.2, 0.25) is 0 Å². The number of rotatable bonds is 5. The third-order valence-electron chi connectivity index (χ3n) is 3.90. The summed E-state index contributed by atoms with van der Waals surface area (Å²) in [5, 5.41) is 14.9. The smallest absolute Gasteiger partial charge is 0.315 e. The molecule has 0 atom stereocenters. The average molecular weight is 324 g/mol. The molecule has 6 heteroatoms. The Balaban J connectivity index is 1.56. The molecule has 1 aromatic carbocycles. The number of aliphatic hydroxyl groups excluding tert-OH is 1. The number of aliphatic hydroxyl groups is 1. The Kier molecular flexibility index (Phi) is 4.77. The van der Waals surface area contributed by atoms with Gasteiger partial charge in [0.05, 0.1) is 18.8 Å². The Labute approximate surface area is 140 Å². The summed E-state index contributed by atoms with van der Waals surface area (Å²) in [5.41, 5.74) is 4.47. The van der Waals surface area contributed by atoms with Crippen LogP contribution in [-0.4, -0.2) is 20.5 Å². The molecule has 0 aliphatic heterocycles. The maximum absolute atomic E-state index is 12.0. The number of amides is 2. The van der Waals surface area contributed by atoms with E-state index in [0.717, 1.165) is 28.2 Å². The van der Waals surface area contributed by atoms with Crippen molar-refractivity contribution in [1.82, 2.24) is 20.0 Å². The minimum atomic E-state index is -0.267. The quantitative estimate of drug-likeness (QED) is 0.673. The van der Waals surface area contributed by atoms with Gasteiger partial charge in [-0.25, -0.2) is 9.78 Å². The summed E-state index contributed by atoms with van der Waals surface area (Å²) in [5.74, 6) is 0. The second-order valence-corrected chi connectivity index (χ2v) is 5.59. The Morgan fingerprint density at radius 2 is 1.83 bits per heavy atom. The lowest BCUT2D eigenvalue weighted by Gasteiger charge is -2.09. The van der Waals surface area contributed by atoms with Crippen molar-refractivity contribution in [3.8, 4) is 0 Å². The lowest BCUT2D eigenvalue weighted by Crippen LogP contribution is -2.34. The molecule has 0 aliphatic carbocycles. The third kappa shape index (κ3) is 3.55. The van der Waals surface area contributed by atoms with Crippen LogP contribution >= 0.6 is 0 Å². The van der Waals surface area contributed by atoms with Crippen LogP contribution in [0.15, 0.2) is 48.7 Å². The summed E-state index contributed by atoms with van der Waals surface area (Å²) in [6, 6.07) is 13.1. The third-order valence-corrected chi connectivity index (χ3v) is 3.90. The normalized spacial score (nSPS) is 10.8. The van der Waals surface area contributed by atoms with Gasteiger partial charge in [-0.05, 0) is 30.2 Å². The number of hydrogen-bond acceptors (Lipinski definition) is 3. The molecule has 0 saturated heterocycles. The number of aryl methyl sites for hydroxylation is 1. The second kappa shape index (κ2) is 7.14. The maximum Gasteiger partial charge on any atom is 0.315 e. The van der Waals surface area contributed by atoms with Crippen molar-refractivity contribution in [3.05, 3.63) is 71.2 Å². The Bertz CT molecular complexity index is 857. The van der Waals surface area contributed by atoms with Crippen LogP contribution in [0.5, 0.6) is 0 Å². The zero-order valence-electron chi connectivity index (χ0n) is 13.5. The first kappa shape index (κ1) is 16.0. The van der Waals surface area contributed by atoms with Gasteiger partial charge in [-0.1, -0.05) is 30.3 Å². The Morgan fingerprint density at radius 3 is 2.58 bits per heavy atom. The Hall–Kier alpha value is -2.86. The molecule has 2 aromatic heterocycles. The first-order valence-corrected chi connectivity index (χ1v) is 7.80. The molecular weight excluding hydrogens is 304 g/mol.